The minimum Gasteiger partial charge on any atom is -0.473 e. The van der Waals surface area contributed by atoms with Gasteiger partial charge in [-0.1, -0.05) is 0 Å². The van der Waals surface area contributed by atoms with Gasteiger partial charge in [0.05, 0.1) is 6.20 Å². The zero-order chi connectivity index (χ0) is 9.97. The van der Waals surface area contributed by atoms with E-state index >= 15 is 0 Å². The topological polar surface area (TPSA) is 65.1 Å². The summed E-state index contributed by atoms with van der Waals surface area (Å²) in [6.07, 6.45) is 3.96. The van der Waals surface area contributed by atoms with Crippen LogP contribution in [-0.2, 0) is 7.05 Å². The van der Waals surface area contributed by atoms with Crippen molar-refractivity contribution in [1.29, 1.82) is 0 Å². The van der Waals surface area contributed by atoms with Gasteiger partial charge in [-0.2, -0.15) is 5.10 Å². The fraction of sp³-hybridized carbons (Fsp3) is 0.667. The van der Waals surface area contributed by atoms with Gasteiger partial charge in [-0.25, -0.2) is 4.68 Å². The van der Waals surface area contributed by atoms with Crippen molar-refractivity contribution < 1.29 is 4.74 Å². The molecule has 3 N–H and O–H groups in total. The Morgan fingerprint density at radius 3 is 2.86 bits per heavy atom. The van der Waals surface area contributed by atoms with Gasteiger partial charge in [0.25, 0.3) is 0 Å². The molecule has 1 aliphatic heterocycles. The highest BCUT2D eigenvalue weighted by atomic mass is 16.5. The SMILES string of the molecule is Cn1ncc(N)c1OC1CCNCC1. The minimum atomic E-state index is 0.272. The van der Waals surface area contributed by atoms with Crippen LogP contribution in [0.1, 0.15) is 12.8 Å². The fourth-order valence-corrected chi connectivity index (χ4v) is 1.66. The largest absolute Gasteiger partial charge is 0.473 e. The van der Waals surface area contributed by atoms with Gasteiger partial charge in [0.2, 0.25) is 5.88 Å². The number of hydrogen-bond donors (Lipinski definition) is 2. The van der Waals surface area contributed by atoms with Crippen molar-refractivity contribution in [3.05, 3.63) is 6.20 Å². The van der Waals surface area contributed by atoms with Crippen LogP contribution in [0.15, 0.2) is 6.20 Å². The highest BCUT2D eigenvalue weighted by molar-refractivity contribution is 5.46. The molecule has 14 heavy (non-hydrogen) atoms. The monoisotopic (exact) mass is 196 g/mol. The van der Waals surface area contributed by atoms with E-state index in [-0.39, 0.29) is 6.10 Å². The van der Waals surface area contributed by atoms with Crippen LogP contribution < -0.4 is 15.8 Å². The molecule has 0 aromatic carbocycles. The third-order valence-corrected chi connectivity index (χ3v) is 2.48. The molecular formula is C9H16N4O. The van der Waals surface area contributed by atoms with Crippen LogP contribution in [0.3, 0.4) is 0 Å². The van der Waals surface area contributed by atoms with E-state index in [1.165, 1.54) is 0 Å². The molecule has 2 heterocycles. The molecule has 5 heteroatoms. The maximum atomic E-state index is 5.79. The van der Waals surface area contributed by atoms with E-state index in [1.54, 1.807) is 10.9 Å². The molecule has 1 aliphatic rings. The number of anilines is 1. The van der Waals surface area contributed by atoms with Crippen LogP contribution in [0.5, 0.6) is 5.88 Å². The lowest BCUT2D eigenvalue weighted by atomic mass is 10.1. The van der Waals surface area contributed by atoms with Gasteiger partial charge in [-0.3, -0.25) is 0 Å². The predicted molar refractivity (Wildman–Crippen MR) is 54.1 cm³/mol. The highest BCUT2D eigenvalue weighted by Crippen LogP contribution is 2.22. The Morgan fingerprint density at radius 2 is 2.29 bits per heavy atom. The molecule has 2 rings (SSSR count). The van der Waals surface area contributed by atoms with Gasteiger partial charge in [-0.15, -0.1) is 0 Å². The van der Waals surface area contributed by atoms with Gasteiger partial charge < -0.3 is 15.8 Å². The Bertz CT molecular complexity index is 284. The molecule has 0 radical (unpaired) electrons. The van der Waals surface area contributed by atoms with Crippen molar-refractivity contribution in [2.24, 2.45) is 7.05 Å². The Morgan fingerprint density at radius 1 is 1.57 bits per heavy atom. The van der Waals surface area contributed by atoms with Gasteiger partial charge in [0.15, 0.2) is 0 Å². The standard InChI is InChI=1S/C9H16N4O/c1-13-9(8(10)6-12-13)14-7-2-4-11-5-3-7/h6-7,11H,2-5,10H2,1H3. The molecule has 0 unspecified atom stereocenters. The fourth-order valence-electron chi connectivity index (χ4n) is 1.66. The zero-order valence-electron chi connectivity index (χ0n) is 8.36. The lowest BCUT2D eigenvalue weighted by molar-refractivity contribution is 0.150. The summed E-state index contributed by atoms with van der Waals surface area (Å²) >= 11 is 0. The molecule has 0 spiro atoms. The first-order chi connectivity index (χ1) is 6.77. The van der Waals surface area contributed by atoms with Crippen molar-refractivity contribution in [2.75, 3.05) is 18.8 Å². The molecule has 1 aromatic rings. The summed E-state index contributed by atoms with van der Waals surface area (Å²) in [5.41, 5.74) is 6.35. The number of nitrogen functional groups attached to an aromatic ring is 1. The molecule has 0 atom stereocenters. The molecule has 5 nitrogen and oxygen atoms in total. The number of nitrogens with zero attached hydrogens (tertiary/aromatic N) is 2. The molecule has 1 fully saturated rings. The van der Waals surface area contributed by atoms with Crippen LogP contribution in [-0.4, -0.2) is 29.0 Å². The number of rotatable bonds is 2. The second-order valence-corrected chi connectivity index (χ2v) is 3.60. The quantitative estimate of drug-likeness (QED) is 0.706. The van der Waals surface area contributed by atoms with Gasteiger partial charge in [0.1, 0.15) is 11.8 Å². The van der Waals surface area contributed by atoms with Crippen molar-refractivity contribution >= 4 is 5.69 Å². The van der Waals surface area contributed by atoms with E-state index in [1.807, 2.05) is 7.05 Å². The number of aryl methyl sites for hydroxylation is 1. The van der Waals surface area contributed by atoms with Crippen LogP contribution in [0.25, 0.3) is 0 Å². The number of ether oxygens (including phenoxy) is 1. The summed E-state index contributed by atoms with van der Waals surface area (Å²) in [6, 6.07) is 0. The van der Waals surface area contributed by atoms with Gasteiger partial charge >= 0.3 is 0 Å². The summed E-state index contributed by atoms with van der Waals surface area (Å²) in [4.78, 5) is 0. The van der Waals surface area contributed by atoms with Crippen LogP contribution in [0.2, 0.25) is 0 Å². The van der Waals surface area contributed by atoms with E-state index in [2.05, 4.69) is 10.4 Å². The van der Waals surface area contributed by atoms with E-state index < -0.39 is 0 Å². The molecular weight excluding hydrogens is 180 g/mol. The van der Waals surface area contributed by atoms with Crippen LogP contribution in [0, 0.1) is 0 Å². The van der Waals surface area contributed by atoms with Crippen LogP contribution >= 0.6 is 0 Å². The highest BCUT2D eigenvalue weighted by Gasteiger charge is 2.17. The number of hydrogen-bond acceptors (Lipinski definition) is 4. The first-order valence-electron chi connectivity index (χ1n) is 4.92. The smallest absolute Gasteiger partial charge is 0.235 e. The Hall–Kier alpha value is -1.23. The second-order valence-electron chi connectivity index (χ2n) is 3.60. The molecule has 78 valence electrons. The lowest BCUT2D eigenvalue weighted by Crippen LogP contribution is -2.34. The first-order valence-corrected chi connectivity index (χ1v) is 4.92. The van der Waals surface area contributed by atoms with E-state index in [9.17, 15) is 0 Å². The van der Waals surface area contributed by atoms with Crippen molar-refractivity contribution in [3.63, 3.8) is 0 Å². The Labute approximate surface area is 83.2 Å². The average molecular weight is 196 g/mol. The molecule has 1 aromatic heterocycles. The summed E-state index contributed by atoms with van der Waals surface area (Å²) in [5, 5.41) is 7.32. The second kappa shape index (κ2) is 3.88. The Kier molecular flexibility index (Phi) is 2.58. The van der Waals surface area contributed by atoms with Crippen molar-refractivity contribution in [2.45, 2.75) is 18.9 Å². The zero-order valence-corrected chi connectivity index (χ0v) is 8.36. The number of aromatic nitrogens is 2. The van der Waals surface area contributed by atoms with Gasteiger partial charge in [-0.05, 0) is 25.9 Å². The average Bonchev–Trinajstić information content (AvgIpc) is 2.51. The summed E-state index contributed by atoms with van der Waals surface area (Å²) in [5.74, 6) is 0.692. The molecule has 0 bridgehead atoms. The number of nitrogens with two attached hydrogens (primary N) is 1. The summed E-state index contributed by atoms with van der Waals surface area (Å²) in [6.45, 7) is 2.03. The maximum Gasteiger partial charge on any atom is 0.235 e. The summed E-state index contributed by atoms with van der Waals surface area (Å²) in [7, 11) is 1.84. The van der Waals surface area contributed by atoms with E-state index in [0.717, 1.165) is 25.9 Å². The molecule has 0 amide bonds. The normalized spacial score (nSPS) is 18.4. The summed E-state index contributed by atoms with van der Waals surface area (Å²) < 4.78 is 7.47. The minimum absolute atomic E-state index is 0.272. The third-order valence-electron chi connectivity index (χ3n) is 2.48. The lowest BCUT2D eigenvalue weighted by Gasteiger charge is -2.23. The molecule has 0 aliphatic carbocycles. The third kappa shape index (κ3) is 1.82. The molecule has 0 saturated carbocycles. The number of piperidine rings is 1. The first kappa shape index (κ1) is 9.33. The van der Waals surface area contributed by atoms with E-state index in [4.69, 9.17) is 10.5 Å². The predicted octanol–water partition coefficient (Wildman–Crippen LogP) is 0.133. The van der Waals surface area contributed by atoms with Crippen molar-refractivity contribution in [1.82, 2.24) is 15.1 Å². The van der Waals surface area contributed by atoms with Crippen molar-refractivity contribution in [3.8, 4) is 5.88 Å². The Balaban J connectivity index is 2.02. The molecule has 1 saturated heterocycles. The van der Waals surface area contributed by atoms with Crippen LogP contribution in [0.4, 0.5) is 5.69 Å². The number of nitrogens with one attached hydrogen (secondary N) is 1. The van der Waals surface area contributed by atoms with E-state index in [0.29, 0.717) is 11.6 Å². The maximum absolute atomic E-state index is 5.79. The van der Waals surface area contributed by atoms with Gasteiger partial charge in [0, 0.05) is 7.05 Å².